The number of aromatic nitrogens is 1. The maximum atomic E-state index is 11.6. The molecule has 2 fully saturated rings. The molecule has 0 aliphatic carbocycles. The highest BCUT2D eigenvalue weighted by molar-refractivity contribution is 6.06. The van der Waals surface area contributed by atoms with Gasteiger partial charge in [-0.1, -0.05) is 45.6 Å². The molecule has 2 saturated heterocycles. The second-order valence-corrected chi connectivity index (χ2v) is 9.63. The lowest BCUT2D eigenvalue weighted by molar-refractivity contribution is -0.119. The zero-order valence-electron chi connectivity index (χ0n) is 27.7. The van der Waals surface area contributed by atoms with Crippen molar-refractivity contribution in [3.05, 3.63) is 58.9 Å². The van der Waals surface area contributed by atoms with Crippen molar-refractivity contribution in [2.24, 2.45) is 4.99 Å². The highest BCUT2D eigenvalue weighted by atomic mass is 16.5. The quantitative estimate of drug-likeness (QED) is 0.176. The molecular formula is C33H49N7O4. The van der Waals surface area contributed by atoms with Crippen LogP contribution in [0, 0.1) is 18.8 Å². The van der Waals surface area contributed by atoms with Crippen molar-refractivity contribution >= 4 is 24.2 Å². The Morgan fingerprint density at radius 3 is 2.45 bits per heavy atom. The van der Waals surface area contributed by atoms with Gasteiger partial charge in [-0.3, -0.25) is 24.9 Å². The monoisotopic (exact) mass is 607 g/mol. The van der Waals surface area contributed by atoms with E-state index in [9.17, 15) is 14.4 Å². The molecule has 0 bridgehead atoms. The van der Waals surface area contributed by atoms with E-state index in [1.165, 1.54) is 0 Å². The Hall–Kier alpha value is -4.43. The topological polar surface area (TPSA) is 119 Å². The van der Waals surface area contributed by atoms with Crippen molar-refractivity contribution in [1.82, 2.24) is 30.3 Å². The Morgan fingerprint density at radius 2 is 1.86 bits per heavy atom. The number of amides is 4. The average Bonchev–Trinajstić information content (AvgIpc) is 3.22. The number of rotatable bonds is 5. The largest absolute Gasteiger partial charge is 0.497 e. The van der Waals surface area contributed by atoms with E-state index < -0.39 is 18.0 Å². The van der Waals surface area contributed by atoms with Gasteiger partial charge in [-0.15, -0.1) is 0 Å². The Bertz CT molecular complexity index is 1300. The van der Waals surface area contributed by atoms with Gasteiger partial charge in [-0.2, -0.15) is 0 Å². The SMILES string of the molecule is CC.CC.CN=C(c1cncc(C#CC2NC(=O)NC2=O)c1)N1CCCN(C)CC1.COc1ccc(CN(C)C=O)c(C)c1. The predicted octanol–water partition coefficient (Wildman–Crippen LogP) is 3.30. The summed E-state index contributed by atoms with van der Waals surface area (Å²) < 4.78 is 5.10. The van der Waals surface area contributed by atoms with Gasteiger partial charge in [0.2, 0.25) is 6.41 Å². The van der Waals surface area contributed by atoms with Gasteiger partial charge in [0.05, 0.1) is 7.11 Å². The van der Waals surface area contributed by atoms with Gasteiger partial charge in [0.25, 0.3) is 5.91 Å². The van der Waals surface area contributed by atoms with Gasteiger partial charge in [0, 0.05) is 63.8 Å². The number of hydrogen-bond donors (Lipinski definition) is 2. The van der Waals surface area contributed by atoms with E-state index in [-0.39, 0.29) is 0 Å². The number of aryl methyl sites for hydroxylation is 1. The Balaban J connectivity index is 0.000000455. The molecule has 1 unspecified atom stereocenters. The number of benzene rings is 1. The fraction of sp³-hybridized carbons (Fsp3) is 0.485. The Morgan fingerprint density at radius 1 is 1.14 bits per heavy atom. The molecule has 240 valence electrons. The van der Waals surface area contributed by atoms with Crippen LogP contribution in [0.2, 0.25) is 0 Å². The second kappa shape index (κ2) is 20.5. The van der Waals surface area contributed by atoms with Crippen LogP contribution in [0.4, 0.5) is 4.79 Å². The van der Waals surface area contributed by atoms with Gasteiger partial charge in [-0.05, 0) is 56.3 Å². The zero-order chi connectivity index (χ0) is 33.1. The minimum atomic E-state index is -0.827. The van der Waals surface area contributed by atoms with E-state index in [2.05, 4.69) is 49.3 Å². The fourth-order valence-electron chi connectivity index (χ4n) is 4.29. The van der Waals surface area contributed by atoms with Gasteiger partial charge in [-0.25, -0.2) is 4.79 Å². The van der Waals surface area contributed by atoms with E-state index in [1.807, 2.05) is 58.9 Å². The number of likely N-dealkylation sites (N-methyl/N-ethyl adjacent to an activating group) is 1. The van der Waals surface area contributed by atoms with Crippen LogP contribution in [-0.2, 0) is 16.1 Å². The maximum Gasteiger partial charge on any atom is 0.322 e. The number of hydrogen-bond acceptors (Lipinski definition) is 7. The number of methoxy groups -OCH3 is 1. The number of urea groups is 1. The highest BCUT2D eigenvalue weighted by Crippen LogP contribution is 2.17. The van der Waals surface area contributed by atoms with E-state index in [0.717, 1.165) is 67.3 Å². The van der Waals surface area contributed by atoms with Crippen LogP contribution in [0.15, 0.2) is 41.7 Å². The number of nitrogens with zero attached hydrogens (tertiary/aromatic N) is 5. The normalized spacial score (nSPS) is 16.1. The summed E-state index contributed by atoms with van der Waals surface area (Å²) in [6.07, 6.45) is 5.31. The Labute approximate surface area is 263 Å². The highest BCUT2D eigenvalue weighted by Gasteiger charge is 2.27. The van der Waals surface area contributed by atoms with Crippen LogP contribution < -0.4 is 15.4 Å². The van der Waals surface area contributed by atoms with Crippen molar-refractivity contribution < 1.29 is 19.1 Å². The van der Waals surface area contributed by atoms with Crippen molar-refractivity contribution in [3.63, 3.8) is 0 Å². The molecule has 0 radical (unpaired) electrons. The molecule has 3 heterocycles. The summed E-state index contributed by atoms with van der Waals surface area (Å²) in [6.45, 7) is 14.6. The molecule has 2 aromatic rings. The molecule has 1 aromatic heterocycles. The van der Waals surface area contributed by atoms with Crippen LogP contribution in [0.25, 0.3) is 0 Å². The molecule has 1 aromatic carbocycles. The molecule has 4 rings (SSSR count). The predicted molar refractivity (Wildman–Crippen MR) is 176 cm³/mol. The number of carbonyl (C=O) groups is 3. The third kappa shape index (κ3) is 12.1. The van der Waals surface area contributed by atoms with Crippen molar-refractivity contribution in [2.45, 2.75) is 53.6 Å². The van der Waals surface area contributed by atoms with Crippen molar-refractivity contribution in [2.75, 3.05) is 54.4 Å². The van der Waals surface area contributed by atoms with Crippen molar-refractivity contribution in [3.8, 4) is 17.6 Å². The molecule has 2 N–H and O–H groups in total. The summed E-state index contributed by atoms with van der Waals surface area (Å²) >= 11 is 0. The standard InChI is InChI=1S/C18H22N6O2.C11H15NO2.2C2H6/c1-19-16(24-7-3-6-23(2)8-9-24)14-10-13(11-20-12-14)4-5-15-17(25)22-18(26)21-15;1-9-6-11(14-3)5-4-10(9)7-12(2)8-13;2*1-2/h10-12,15H,3,6-9H2,1-2H3,(H2,21,22,25,26);4-6,8H,7H2,1-3H3;2*1-2H3. The maximum absolute atomic E-state index is 11.6. The third-order valence-electron chi connectivity index (χ3n) is 6.51. The molecule has 11 nitrogen and oxygen atoms in total. The lowest BCUT2D eigenvalue weighted by Gasteiger charge is -2.24. The van der Waals surface area contributed by atoms with E-state index in [1.54, 1.807) is 38.5 Å². The van der Waals surface area contributed by atoms with Gasteiger partial charge in [0.15, 0.2) is 6.04 Å². The molecule has 2 aliphatic rings. The lowest BCUT2D eigenvalue weighted by Crippen LogP contribution is -2.35. The first-order valence-electron chi connectivity index (χ1n) is 15.0. The number of ether oxygens (including phenoxy) is 1. The molecule has 0 saturated carbocycles. The molecule has 11 heteroatoms. The molecule has 2 aliphatic heterocycles. The summed E-state index contributed by atoms with van der Waals surface area (Å²) in [7, 11) is 7.31. The van der Waals surface area contributed by atoms with E-state index in [0.29, 0.717) is 12.1 Å². The summed E-state index contributed by atoms with van der Waals surface area (Å²) in [4.78, 5) is 48.0. The van der Waals surface area contributed by atoms with Gasteiger partial charge in [0.1, 0.15) is 11.6 Å². The lowest BCUT2D eigenvalue weighted by atomic mass is 10.1. The van der Waals surface area contributed by atoms with E-state index in [4.69, 9.17) is 4.74 Å². The molecule has 44 heavy (non-hydrogen) atoms. The summed E-state index contributed by atoms with van der Waals surface area (Å²) in [5.41, 5.74) is 3.84. The number of nitrogens with one attached hydrogen (secondary N) is 2. The van der Waals surface area contributed by atoms with Crippen LogP contribution in [-0.4, -0.2) is 104 Å². The summed E-state index contributed by atoms with van der Waals surface area (Å²) in [5, 5.41) is 4.61. The van der Waals surface area contributed by atoms with Crippen LogP contribution in [0.1, 0.15) is 56.4 Å². The number of aliphatic imine (C=N–C) groups is 1. The number of pyridine rings is 1. The first-order valence-corrected chi connectivity index (χ1v) is 15.0. The molecule has 1 atom stereocenters. The first-order chi connectivity index (χ1) is 21.2. The second-order valence-electron chi connectivity index (χ2n) is 9.63. The first kappa shape index (κ1) is 37.6. The number of imide groups is 1. The van der Waals surface area contributed by atoms with Crippen LogP contribution >= 0.6 is 0 Å². The molecule has 0 spiro atoms. The third-order valence-corrected chi connectivity index (χ3v) is 6.51. The Kier molecular flexibility index (Phi) is 17.5. The molecule has 4 amide bonds. The fourth-order valence-corrected chi connectivity index (χ4v) is 4.29. The number of carbonyl (C=O) groups excluding carboxylic acids is 3. The van der Waals surface area contributed by atoms with Crippen LogP contribution in [0.5, 0.6) is 5.75 Å². The van der Waals surface area contributed by atoms with Crippen LogP contribution in [0.3, 0.4) is 0 Å². The van der Waals surface area contributed by atoms with Gasteiger partial charge < -0.3 is 24.8 Å². The summed E-state index contributed by atoms with van der Waals surface area (Å²) in [6, 6.07) is 6.41. The average molecular weight is 608 g/mol. The summed E-state index contributed by atoms with van der Waals surface area (Å²) in [5.74, 6) is 6.98. The minimum Gasteiger partial charge on any atom is -0.497 e. The molecular weight excluding hydrogens is 558 g/mol. The van der Waals surface area contributed by atoms with Crippen molar-refractivity contribution in [1.29, 1.82) is 0 Å². The number of amidine groups is 1. The van der Waals surface area contributed by atoms with E-state index >= 15 is 0 Å². The minimum absolute atomic E-state index is 0.434. The smallest absolute Gasteiger partial charge is 0.322 e. The zero-order valence-corrected chi connectivity index (χ0v) is 27.7. The van der Waals surface area contributed by atoms with Gasteiger partial charge >= 0.3 is 6.03 Å².